The fourth-order valence-corrected chi connectivity index (χ4v) is 3.18. The summed E-state index contributed by atoms with van der Waals surface area (Å²) in [6.45, 7) is 2.89. The fraction of sp³-hybridized carbons (Fsp3) is 0.474. The minimum Gasteiger partial charge on any atom is -0.481 e. The van der Waals surface area contributed by atoms with Crippen molar-refractivity contribution in [2.45, 2.75) is 38.6 Å². The molecule has 146 valence electrons. The normalized spacial score (nSPS) is 15.8. The number of aliphatic carboxylic acids is 1. The summed E-state index contributed by atoms with van der Waals surface area (Å²) in [4.78, 5) is 37.2. The number of hydrogen-bond donors (Lipinski definition) is 4. The summed E-state index contributed by atoms with van der Waals surface area (Å²) in [5.41, 5.74) is 6.37. The largest absolute Gasteiger partial charge is 0.481 e. The smallest absolute Gasteiger partial charge is 0.303 e. The molecule has 1 aromatic rings. The zero-order chi connectivity index (χ0) is 20.0. The van der Waals surface area contributed by atoms with Gasteiger partial charge in [-0.2, -0.15) is 0 Å². The van der Waals surface area contributed by atoms with Gasteiger partial charge in [-0.15, -0.1) is 0 Å². The van der Waals surface area contributed by atoms with Gasteiger partial charge in [-0.05, 0) is 37.8 Å². The molecule has 8 heteroatoms. The Morgan fingerprint density at radius 3 is 2.30 bits per heavy atom. The van der Waals surface area contributed by atoms with Crippen LogP contribution in [0.2, 0.25) is 0 Å². The van der Waals surface area contributed by atoms with Gasteiger partial charge in [0.15, 0.2) is 0 Å². The molecule has 2 amide bonds. The predicted octanol–water partition coefficient (Wildman–Crippen LogP) is 1.19. The first kappa shape index (κ1) is 20.4. The van der Waals surface area contributed by atoms with Gasteiger partial charge in [-0.3, -0.25) is 19.8 Å². The molecule has 0 radical (unpaired) electrons. The summed E-state index contributed by atoms with van der Waals surface area (Å²) >= 11 is 0. The summed E-state index contributed by atoms with van der Waals surface area (Å²) < 4.78 is 0. The van der Waals surface area contributed by atoms with Crippen LogP contribution in [0.25, 0.3) is 0 Å². The second kappa shape index (κ2) is 9.16. The molecule has 0 aromatic heterocycles. The van der Waals surface area contributed by atoms with Crippen LogP contribution in [-0.4, -0.2) is 52.8 Å². The molecule has 1 heterocycles. The molecule has 0 unspecified atom stereocenters. The number of nitrogens with one attached hydrogen (secondary N) is 2. The minimum atomic E-state index is -0.799. The summed E-state index contributed by atoms with van der Waals surface area (Å²) in [5, 5.41) is 19.0. The number of carbonyl (C=O) groups excluding carboxylic acids is 2. The van der Waals surface area contributed by atoms with Crippen LogP contribution in [0, 0.1) is 11.3 Å². The highest BCUT2D eigenvalue weighted by molar-refractivity contribution is 5.98. The van der Waals surface area contributed by atoms with E-state index in [2.05, 4.69) is 5.32 Å². The van der Waals surface area contributed by atoms with Crippen molar-refractivity contribution < 1.29 is 19.5 Å². The highest BCUT2D eigenvalue weighted by Crippen LogP contribution is 2.21. The topological polar surface area (TPSA) is 137 Å². The van der Waals surface area contributed by atoms with E-state index in [-0.39, 0.29) is 42.5 Å². The molecular formula is C19H26N4O4. The molecule has 0 bridgehead atoms. The molecule has 0 saturated carbocycles. The Hall–Kier alpha value is -2.90. The average Bonchev–Trinajstić information content (AvgIpc) is 2.61. The number of amides is 2. The van der Waals surface area contributed by atoms with Crippen LogP contribution < -0.4 is 11.1 Å². The van der Waals surface area contributed by atoms with E-state index in [1.165, 1.54) is 0 Å². The van der Waals surface area contributed by atoms with Crippen molar-refractivity contribution in [3.05, 3.63) is 35.4 Å². The Morgan fingerprint density at radius 1 is 1.22 bits per heavy atom. The molecule has 5 N–H and O–H groups in total. The van der Waals surface area contributed by atoms with Crippen molar-refractivity contribution in [2.24, 2.45) is 11.7 Å². The molecule has 1 aliphatic rings. The lowest BCUT2D eigenvalue weighted by Crippen LogP contribution is -2.42. The molecule has 0 spiro atoms. The predicted molar refractivity (Wildman–Crippen MR) is 101 cm³/mol. The zero-order valence-corrected chi connectivity index (χ0v) is 15.4. The van der Waals surface area contributed by atoms with E-state index in [1.54, 1.807) is 36.1 Å². The van der Waals surface area contributed by atoms with Gasteiger partial charge in [0.05, 0.1) is 0 Å². The van der Waals surface area contributed by atoms with E-state index in [4.69, 9.17) is 16.2 Å². The summed E-state index contributed by atoms with van der Waals surface area (Å²) in [5.74, 6) is -1.06. The first-order chi connectivity index (χ1) is 12.8. The number of nitrogens with two attached hydrogens (primary N) is 1. The molecule has 1 saturated heterocycles. The number of carbonyl (C=O) groups is 3. The lowest BCUT2D eigenvalue weighted by atomic mass is 9.93. The SMILES string of the molecule is C[C@@H](CC(=O)N1CCC(CC(=O)O)CC1)NC(=O)c1ccc(C(=N)N)cc1. The Balaban J connectivity index is 1.80. The summed E-state index contributed by atoms with van der Waals surface area (Å²) in [6.07, 6.45) is 1.74. The van der Waals surface area contributed by atoms with Crippen molar-refractivity contribution in [1.29, 1.82) is 5.41 Å². The third-order valence-electron chi connectivity index (χ3n) is 4.75. The van der Waals surface area contributed by atoms with Crippen LogP contribution in [-0.2, 0) is 9.59 Å². The number of benzene rings is 1. The molecule has 1 aliphatic heterocycles. The molecule has 8 nitrogen and oxygen atoms in total. The second-order valence-electron chi connectivity index (χ2n) is 6.99. The van der Waals surface area contributed by atoms with E-state index in [9.17, 15) is 14.4 Å². The van der Waals surface area contributed by atoms with Crippen molar-refractivity contribution in [3.8, 4) is 0 Å². The fourth-order valence-electron chi connectivity index (χ4n) is 3.18. The molecule has 1 atom stereocenters. The number of nitrogens with zero attached hydrogens (tertiary/aromatic N) is 1. The van der Waals surface area contributed by atoms with Crippen LogP contribution in [0.4, 0.5) is 0 Å². The second-order valence-corrected chi connectivity index (χ2v) is 6.99. The third-order valence-corrected chi connectivity index (χ3v) is 4.75. The maximum Gasteiger partial charge on any atom is 0.303 e. The summed E-state index contributed by atoms with van der Waals surface area (Å²) in [7, 11) is 0. The highest BCUT2D eigenvalue weighted by atomic mass is 16.4. The van der Waals surface area contributed by atoms with Gasteiger partial charge in [0, 0.05) is 43.1 Å². The molecule has 1 aromatic carbocycles. The van der Waals surface area contributed by atoms with Crippen LogP contribution in [0.5, 0.6) is 0 Å². The number of likely N-dealkylation sites (tertiary alicyclic amines) is 1. The van der Waals surface area contributed by atoms with Gasteiger partial charge < -0.3 is 21.1 Å². The van der Waals surface area contributed by atoms with Crippen LogP contribution in [0.15, 0.2) is 24.3 Å². The number of rotatable bonds is 7. The standard InChI is InChI=1S/C19H26N4O4/c1-12(22-19(27)15-4-2-14(3-5-15)18(20)21)10-16(24)23-8-6-13(7-9-23)11-17(25)26/h2-5,12-13H,6-11H2,1H3,(H3,20,21)(H,22,27)(H,25,26)/t12-/m0/s1. The lowest BCUT2D eigenvalue weighted by molar-refractivity contribution is -0.138. The highest BCUT2D eigenvalue weighted by Gasteiger charge is 2.25. The van der Waals surface area contributed by atoms with E-state index in [0.29, 0.717) is 37.1 Å². The molecule has 1 fully saturated rings. The number of carboxylic acids is 1. The summed E-state index contributed by atoms with van der Waals surface area (Å²) in [6, 6.07) is 6.07. The van der Waals surface area contributed by atoms with Crippen molar-refractivity contribution in [3.63, 3.8) is 0 Å². The van der Waals surface area contributed by atoms with E-state index >= 15 is 0 Å². The maximum absolute atomic E-state index is 12.4. The average molecular weight is 374 g/mol. The van der Waals surface area contributed by atoms with E-state index < -0.39 is 5.97 Å². The van der Waals surface area contributed by atoms with Crippen LogP contribution >= 0.6 is 0 Å². The Morgan fingerprint density at radius 2 is 1.78 bits per heavy atom. The number of nitrogen functional groups attached to an aromatic ring is 1. The Kier molecular flexibility index (Phi) is 6.92. The first-order valence-electron chi connectivity index (χ1n) is 9.01. The molecule has 27 heavy (non-hydrogen) atoms. The van der Waals surface area contributed by atoms with E-state index in [0.717, 1.165) is 0 Å². The van der Waals surface area contributed by atoms with Gasteiger partial charge in [0.1, 0.15) is 5.84 Å². The Bertz CT molecular complexity index is 709. The van der Waals surface area contributed by atoms with Crippen molar-refractivity contribution in [1.82, 2.24) is 10.2 Å². The van der Waals surface area contributed by atoms with Crippen molar-refractivity contribution in [2.75, 3.05) is 13.1 Å². The van der Waals surface area contributed by atoms with Gasteiger partial charge in [-0.25, -0.2) is 0 Å². The van der Waals surface area contributed by atoms with Crippen LogP contribution in [0.3, 0.4) is 0 Å². The zero-order valence-electron chi connectivity index (χ0n) is 15.4. The minimum absolute atomic E-state index is 0.0384. The molecule has 2 rings (SSSR count). The van der Waals surface area contributed by atoms with Crippen molar-refractivity contribution >= 4 is 23.6 Å². The van der Waals surface area contributed by atoms with Crippen LogP contribution in [0.1, 0.15) is 48.5 Å². The maximum atomic E-state index is 12.4. The number of carboxylic acid groups (broad SMARTS) is 1. The van der Waals surface area contributed by atoms with Gasteiger partial charge >= 0.3 is 5.97 Å². The molecular weight excluding hydrogens is 348 g/mol. The third kappa shape index (κ3) is 6.09. The first-order valence-corrected chi connectivity index (χ1v) is 9.01. The molecule has 0 aliphatic carbocycles. The van der Waals surface area contributed by atoms with Gasteiger partial charge in [0.2, 0.25) is 5.91 Å². The Labute approximate surface area is 158 Å². The number of hydrogen-bond acceptors (Lipinski definition) is 4. The number of piperidine rings is 1. The quantitative estimate of drug-likeness (QED) is 0.420. The monoisotopic (exact) mass is 374 g/mol. The van der Waals surface area contributed by atoms with Gasteiger partial charge in [0.25, 0.3) is 5.91 Å². The van der Waals surface area contributed by atoms with Gasteiger partial charge in [-0.1, -0.05) is 12.1 Å². The lowest BCUT2D eigenvalue weighted by Gasteiger charge is -2.32. The van der Waals surface area contributed by atoms with E-state index in [1.807, 2.05) is 0 Å². The number of amidine groups is 1.